The Morgan fingerprint density at radius 1 is 0.967 bits per heavy atom. The van der Waals surface area contributed by atoms with Crippen molar-refractivity contribution in [2.24, 2.45) is 0 Å². The molecule has 0 aliphatic carbocycles. The summed E-state index contributed by atoms with van der Waals surface area (Å²) < 4.78 is 33.0. The summed E-state index contributed by atoms with van der Waals surface area (Å²) in [6.45, 7) is 1.80. The zero-order valence-electron chi connectivity index (χ0n) is 16.2. The molecule has 0 bridgehead atoms. The number of para-hydroxylation sites is 1. The van der Waals surface area contributed by atoms with Crippen LogP contribution in [0.25, 0.3) is 0 Å². The Balaban J connectivity index is 1.59. The zero-order chi connectivity index (χ0) is 21.6. The summed E-state index contributed by atoms with van der Waals surface area (Å²) in [6, 6.07) is 22.0. The number of anilines is 1. The number of halogens is 1. The Bertz CT molecular complexity index is 1100. The van der Waals surface area contributed by atoms with Gasteiger partial charge >= 0.3 is 0 Å². The molecule has 30 heavy (non-hydrogen) atoms. The molecule has 1 unspecified atom stereocenters. The van der Waals surface area contributed by atoms with Crippen molar-refractivity contribution >= 4 is 33.2 Å². The molecule has 0 saturated heterocycles. The van der Waals surface area contributed by atoms with Gasteiger partial charge in [-0.05, 0) is 48.9 Å². The second-order valence-corrected chi connectivity index (χ2v) is 8.69. The first-order valence-corrected chi connectivity index (χ1v) is 11.1. The highest BCUT2D eigenvalue weighted by Gasteiger charge is 2.17. The third-order valence-corrected chi connectivity index (χ3v) is 5.98. The van der Waals surface area contributed by atoms with Gasteiger partial charge in [-0.2, -0.15) is 0 Å². The quantitative estimate of drug-likeness (QED) is 0.544. The Hall–Kier alpha value is -2.87. The maximum Gasteiger partial charge on any atom is 0.265 e. The van der Waals surface area contributed by atoms with E-state index in [1.165, 1.54) is 24.3 Å². The van der Waals surface area contributed by atoms with Crippen LogP contribution in [-0.4, -0.2) is 20.4 Å². The lowest BCUT2D eigenvalue weighted by Gasteiger charge is -2.15. The first-order valence-electron chi connectivity index (χ1n) is 9.21. The van der Waals surface area contributed by atoms with Crippen LogP contribution in [0.3, 0.4) is 0 Å². The number of hydrogen-bond acceptors (Lipinski definition) is 4. The van der Waals surface area contributed by atoms with E-state index >= 15 is 0 Å². The standard InChI is InChI=1S/C22H21ClN2O4S/c1-16(29-21-10-6-5-9-20(21)23)22(26)25-18-11-13-19(14-12-18)30(27,28)24-15-17-7-3-2-4-8-17/h2-14,16,24H,15H2,1H3,(H,25,26). The highest BCUT2D eigenvalue weighted by molar-refractivity contribution is 7.89. The van der Waals surface area contributed by atoms with Gasteiger partial charge in [-0.15, -0.1) is 0 Å². The third-order valence-electron chi connectivity index (χ3n) is 4.25. The minimum absolute atomic E-state index is 0.108. The fraction of sp³-hybridized carbons (Fsp3) is 0.136. The monoisotopic (exact) mass is 444 g/mol. The van der Waals surface area contributed by atoms with Gasteiger partial charge in [0.15, 0.2) is 6.10 Å². The molecule has 3 rings (SSSR count). The maximum atomic E-state index is 12.5. The Kier molecular flexibility index (Phi) is 7.10. The molecular weight excluding hydrogens is 424 g/mol. The number of hydrogen-bond donors (Lipinski definition) is 2. The van der Waals surface area contributed by atoms with Gasteiger partial charge in [0.25, 0.3) is 5.91 Å². The number of ether oxygens (including phenoxy) is 1. The van der Waals surface area contributed by atoms with Gasteiger partial charge in [-0.25, -0.2) is 13.1 Å². The van der Waals surface area contributed by atoms with Gasteiger partial charge in [0.2, 0.25) is 10.0 Å². The minimum Gasteiger partial charge on any atom is -0.479 e. The highest BCUT2D eigenvalue weighted by atomic mass is 35.5. The molecule has 0 radical (unpaired) electrons. The average Bonchev–Trinajstić information content (AvgIpc) is 2.75. The number of nitrogens with one attached hydrogen (secondary N) is 2. The SMILES string of the molecule is CC(Oc1ccccc1Cl)C(=O)Nc1ccc(S(=O)(=O)NCc2ccccc2)cc1. The second kappa shape index (κ2) is 9.75. The Morgan fingerprint density at radius 3 is 2.27 bits per heavy atom. The summed E-state index contributed by atoms with van der Waals surface area (Å²) in [4.78, 5) is 12.5. The lowest BCUT2D eigenvalue weighted by Crippen LogP contribution is -2.30. The molecule has 0 fully saturated rings. The second-order valence-electron chi connectivity index (χ2n) is 6.51. The Labute approximate surface area is 180 Å². The van der Waals surface area contributed by atoms with E-state index in [0.29, 0.717) is 16.5 Å². The number of benzene rings is 3. The molecule has 6 nitrogen and oxygen atoms in total. The topological polar surface area (TPSA) is 84.5 Å². The van der Waals surface area contributed by atoms with Crippen LogP contribution in [0.15, 0.2) is 83.8 Å². The van der Waals surface area contributed by atoms with E-state index in [9.17, 15) is 13.2 Å². The summed E-state index contributed by atoms with van der Waals surface area (Å²) in [6.07, 6.45) is -0.791. The van der Waals surface area contributed by atoms with Gasteiger partial charge in [0.1, 0.15) is 5.75 Å². The molecule has 0 aliphatic heterocycles. The summed E-state index contributed by atoms with van der Waals surface area (Å²) in [5.74, 6) is 0.0282. The van der Waals surface area contributed by atoms with Gasteiger partial charge in [-0.3, -0.25) is 4.79 Å². The van der Waals surface area contributed by atoms with Crippen LogP contribution in [0.2, 0.25) is 5.02 Å². The zero-order valence-corrected chi connectivity index (χ0v) is 17.8. The molecule has 0 spiro atoms. The first-order chi connectivity index (χ1) is 14.3. The molecule has 0 heterocycles. The molecule has 8 heteroatoms. The fourth-order valence-corrected chi connectivity index (χ4v) is 3.80. The van der Waals surface area contributed by atoms with Crippen molar-refractivity contribution in [3.05, 3.63) is 89.4 Å². The van der Waals surface area contributed by atoms with Gasteiger partial charge in [-0.1, -0.05) is 54.1 Å². The van der Waals surface area contributed by atoms with E-state index in [1.54, 1.807) is 31.2 Å². The third kappa shape index (κ3) is 5.82. The molecular formula is C22H21ClN2O4S. The predicted octanol–water partition coefficient (Wildman–Crippen LogP) is 4.22. The van der Waals surface area contributed by atoms with Crippen molar-refractivity contribution in [1.29, 1.82) is 0 Å². The molecule has 0 aliphatic rings. The van der Waals surface area contributed by atoms with Crippen molar-refractivity contribution < 1.29 is 17.9 Å². The minimum atomic E-state index is -3.67. The summed E-state index contributed by atoms with van der Waals surface area (Å²) in [5.41, 5.74) is 1.31. The molecule has 0 saturated carbocycles. The van der Waals surface area contributed by atoms with Crippen LogP contribution >= 0.6 is 11.6 Å². The summed E-state index contributed by atoms with van der Waals surface area (Å²) >= 11 is 6.04. The molecule has 3 aromatic rings. The molecule has 1 atom stereocenters. The van der Waals surface area contributed by atoms with Gasteiger partial charge < -0.3 is 10.1 Å². The van der Waals surface area contributed by atoms with Crippen molar-refractivity contribution in [3.8, 4) is 5.75 Å². The lowest BCUT2D eigenvalue weighted by molar-refractivity contribution is -0.122. The van der Waals surface area contributed by atoms with E-state index in [2.05, 4.69) is 10.0 Å². The van der Waals surface area contributed by atoms with E-state index in [-0.39, 0.29) is 17.3 Å². The van der Waals surface area contributed by atoms with Crippen molar-refractivity contribution in [1.82, 2.24) is 4.72 Å². The molecule has 3 aromatic carbocycles. The van der Waals surface area contributed by atoms with Crippen molar-refractivity contribution in [2.75, 3.05) is 5.32 Å². The van der Waals surface area contributed by atoms with Crippen molar-refractivity contribution in [3.63, 3.8) is 0 Å². The largest absolute Gasteiger partial charge is 0.479 e. The highest BCUT2D eigenvalue weighted by Crippen LogP contribution is 2.24. The van der Waals surface area contributed by atoms with Gasteiger partial charge in [0, 0.05) is 12.2 Å². The first kappa shape index (κ1) is 21.8. The summed E-state index contributed by atoms with van der Waals surface area (Å²) in [5, 5.41) is 3.11. The smallest absolute Gasteiger partial charge is 0.265 e. The maximum absolute atomic E-state index is 12.5. The van der Waals surface area contributed by atoms with Crippen LogP contribution in [0.1, 0.15) is 12.5 Å². The van der Waals surface area contributed by atoms with Gasteiger partial charge in [0.05, 0.1) is 9.92 Å². The van der Waals surface area contributed by atoms with Crippen LogP contribution in [-0.2, 0) is 21.4 Å². The van der Waals surface area contributed by atoms with Crippen LogP contribution in [0.5, 0.6) is 5.75 Å². The molecule has 1 amide bonds. The lowest BCUT2D eigenvalue weighted by atomic mass is 10.2. The van der Waals surface area contributed by atoms with Crippen molar-refractivity contribution in [2.45, 2.75) is 24.5 Å². The van der Waals surface area contributed by atoms with E-state index < -0.39 is 16.1 Å². The normalized spacial score (nSPS) is 12.2. The molecule has 156 valence electrons. The number of sulfonamides is 1. The average molecular weight is 445 g/mol. The summed E-state index contributed by atoms with van der Waals surface area (Å²) in [7, 11) is -3.67. The van der Waals surface area contributed by atoms with Crippen LogP contribution < -0.4 is 14.8 Å². The molecule has 0 aromatic heterocycles. The van der Waals surface area contributed by atoms with Crippen LogP contribution in [0.4, 0.5) is 5.69 Å². The van der Waals surface area contributed by atoms with E-state index in [1.807, 2.05) is 30.3 Å². The Morgan fingerprint density at radius 2 is 1.60 bits per heavy atom. The number of carbonyl (C=O) groups is 1. The fourth-order valence-electron chi connectivity index (χ4n) is 2.60. The number of rotatable bonds is 8. The van der Waals surface area contributed by atoms with Crippen LogP contribution in [0, 0.1) is 0 Å². The number of carbonyl (C=O) groups excluding carboxylic acids is 1. The number of amides is 1. The van der Waals surface area contributed by atoms with E-state index in [0.717, 1.165) is 5.56 Å². The van der Waals surface area contributed by atoms with E-state index in [4.69, 9.17) is 16.3 Å². The predicted molar refractivity (Wildman–Crippen MR) is 117 cm³/mol. The molecule has 2 N–H and O–H groups in total.